The van der Waals surface area contributed by atoms with Crippen LogP contribution in [0.1, 0.15) is 11.7 Å². The fourth-order valence-electron chi connectivity index (χ4n) is 1.43. The van der Waals surface area contributed by atoms with Crippen molar-refractivity contribution < 1.29 is 19.9 Å². The molecule has 2 atom stereocenters. The second-order valence-corrected chi connectivity index (χ2v) is 3.96. The Morgan fingerprint density at radius 1 is 1.56 bits per heavy atom. The van der Waals surface area contributed by atoms with E-state index in [1.807, 2.05) is 0 Å². The predicted octanol–water partition coefficient (Wildman–Crippen LogP) is 0.610. The summed E-state index contributed by atoms with van der Waals surface area (Å²) in [4.78, 5) is 10.2. The van der Waals surface area contributed by atoms with E-state index in [0.29, 0.717) is 0 Å². The summed E-state index contributed by atoms with van der Waals surface area (Å²) in [6.07, 6.45) is -2.65. The number of aliphatic hydroxyl groups excluding tert-OH is 2. The van der Waals surface area contributed by atoms with Crippen molar-refractivity contribution in [1.82, 2.24) is 0 Å². The van der Waals surface area contributed by atoms with Gasteiger partial charge in [0.15, 0.2) is 5.75 Å². The topological polar surface area (TPSA) is 119 Å². The molecular formula is C10H13ClN2O5. The Hall–Kier alpha value is -1.41. The fourth-order valence-corrected chi connectivity index (χ4v) is 1.69. The monoisotopic (exact) mass is 276 g/mol. The molecule has 0 radical (unpaired) electrons. The van der Waals surface area contributed by atoms with Gasteiger partial charge in [-0.3, -0.25) is 10.1 Å². The third-order valence-corrected chi connectivity index (χ3v) is 2.75. The molecule has 1 aromatic carbocycles. The van der Waals surface area contributed by atoms with Gasteiger partial charge in [0, 0.05) is 24.2 Å². The maximum absolute atomic E-state index is 10.8. The van der Waals surface area contributed by atoms with Crippen LogP contribution in [0.15, 0.2) is 12.1 Å². The second kappa shape index (κ2) is 5.96. The maximum atomic E-state index is 10.8. The lowest BCUT2D eigenvalue weighted by atomic mass is 10.0. The lowest BCUT2D eigenvalue weighted by Gasteiger charge is -2.18. The van der Waals surface area contributed by atoms with E-state index in [0.717, 1.165) is 6.07 Å². The first-order valence-electron chi connectivity index (χ1n) is 5.00. The average Bonchev–Trinajstić information content (AvgIpc) is 2.36. The highest BCUT2D eigenvalue weighted by Gasteiger charge is 2.25. The molecular weight excluding hydrogens is 264 g/mol. The maximum Gasteiger partial charge on any atom is 0.311 e. The Bertz CT molecular complexity index is 454. The molecule has 0 aliphatic carbocycles. The van der Waals surface area contributed by atoms with Crippen LogP contribution in [0.4, 0.5) is 5.69 Å². The summed E-state index contributed by atoms with van der Waals surface area (Å²) in [7, 11) is 1.27. The van der Waals surface area contributed by atoms with E-state index in [1.54, 1.807) is 0 Å². The zero-order valence-corrected chi connectivity index (χ0v) is 10.3. The van der Waals surface area contributed by atoms with Gasteiger partial charge in [-0.25, -0.2) is 0 Å². The molecule has 0 aliphatic rings. The third kappa shape index (κ3) is 2.88. The molecule has 100 valence electrons. The Balaban J connectivity index is 3.29. The molecule has 0 aliphatic heterocycles. The van der Waals surface area contributed by atoms with Crippen molar-refractivity contribution in [3.05, 3.63) is 32.8 Å². The van der Waals surface area contributed by atoms with E-state index < -0.39 is 17.1 Å². The first-order valence-corrected chi connectivity index (χ1v) is 5.38. The number of halogens is 1. The Morgan fingerprint density at radius 3 is 2.61 bits per heavy atom. The molecule has 18 heavy (non-hydrogen) atoms. The molecule has 1 aromatic rings. The van der Waals surface area contributed by atoms with Gasteiger partial charge >= 0.3 is 5.69 Å². The Morgan fingerprint density at radius 2 is 2.17 bits per heavy atom. The van der Waals surface area contributed by atoms with Gasteiger partial charge in [-0.05, 0) is 0 Å². The summed E-state index contributed by atoms with van der Waals surface area (Å²) in [5, 5.41) is 30.1. The summed E-state index contributed by atoms with van der Waals surface area (Å²) >= 11 is 5.87. The number of nitro groups is 1. The average molecular weight is 277 g/mol. The van der Waals surface area contributed by atoms with E-state index >= 15 is 0 Å². The minimum Gasteiger partial charge on any atom is -0.490 e. The van der Waals surface area contributed by atoms with Crippen LogP contribution in [-0.2, 0) is 0 Å². The number of hydrogen-bond donors (Lipinski definition) is 3. The van der Waals surface area contributed by atoms with Gasteiger partial charge in [-0.2, -0.15) is 0 Å². The first kappa shape index (κ1) is 14.7. The van der Waals surface area contributed by atoms with Crippen LogP contribution in [-0.4, -0.2) is 34.9 Å². The number of nitro benzene ring substituents is 1. The quantitative estimate of drug-likeness (QED) is 0.535. The number of rotatable bonds is 5. The minimum absolute atomic E-state index is 0.0248. The highest BCUT2D eigenvalue weighted by atomic mass is 35.5. The summed E-state index contributed by atoms with van der Waals surface area (Å²) in [5.74, 6) is -0.0248. The van der Waals surface area contributed by atoms with Crippen LogP contribution in [0.2, 0.25) is 5.02 Å². The second-order valence-electron chi connectivity index (χ2n) is 3.55. The van der Waals surface area contributed by atoms with Crippen molar-refractivity contribution in [3.8, 4) is 5.75 Å². The standard InChI is InChI=1S/C10H13ClN2O5/c1-18-9-3-6(11)5(2-7(9)13(16)17)10(15)8(14)4-12/h2-3,8,10,14-15H,4,12H2,1H3. The van der Waals surface area contributed by atoms with Gasteiger partial charge in [0.25, 0.3) is 0 Å². The van der Waals surface area contributed by atoms with Crippen molar-refractivity contribution in [2.45, 2.75) is 12.2 Å². The zero-order chi connectivity index (χ0) is 13.9. The number of nitrogens with two attached hydrogens (primary N) is 1. The number of nitrogens with zero attached hydrogens (tertiary/aromatic N) is 1. The molecule has 0 saturated heterocycles. The molecule has 4 N–H and O–H groups in total. The molecule has 0 fully saturated rings. The summed E-state index contributed by atoms with van der Waals surface area (Å²) in [6.45, 7) is -0.197. The molecule has 2 unspecified atom stereocenters. The number of methoxy groups -OCH3 is 1. The van der Waals surface area contributed by atoms with Crippen molar-refractivity contribution >= 4 is 17.3 Å². The van der Waals surface area contributed by atoms with Crippen LogP contribution in [0.25, 0.3) is 0 Å². The number of benzene rings is 1. The van der Waals surface area contributed by atoms with Gasteiger partial charge in [0.2, 0.25) is 0 Å². The largest absolute Gasteiger partial charge is 0.490 e. The fraction of sp³-hybridized carbons (Fsp3) is 0.400. The predicted molar refractivity (Wildman–Crippen MR) is 64.7 cm³/mol. The normalized spacial score (nSPS) is 14.1. The van der Waals surface area contributed by atoms with Crippen LogP contribution in [0.3, 0.4) is 0 Å². The lowest BCUT2D eigenvalue weighted by molar-refractivity contribution is -0.385. The summed E-state index contributed by atoms with van der Waals surface area (Å²) in [6, 6.07) is 2.27. The van der Waals surface area contributed by atoms with Gasteiger partial charge in [0.1, 0.15) is 6.10 Å². The van der Waals surface area contributed by atoms with E-state index in [-0.39, 0.29) is 28.6 Å². The molecule has 8 heteroatoms. The Kier molecular flexibility index (Phi) is 4.85. The summed E-state index contributed by atoms with van der Waals surface area (Å²) < 4.78 is 4.81. The van der Waals surface area contributed by atoms with Crippen molar-refractivity contribution in [3.63, 3.8) is 0 Å². The molecule has 7 nitrogen and oxygen atoms in total. The molecule has 0 bridgehead atoms. The molecule has 0 amide bonds. The Labute approximate surface area is 108 Å². The van der Waals surface area contributed by atoms with Crippen LogP contribution >= 0.6 is 11.6 Å². The summed E-state index contributed by atoms with van der Waals surface area (Å²) in [5.41, 5.74) is 4.89. The number of hydrogen-bond acceptors (Lipinski definition) is 6. The van der Waals surface area contributed by atoms with E-state index in [2.05, 4.69) is 0 Å². The van der Waals surface area contributed by atoms with Crippen LogP contribution in [0.5, 0.6) is 5.75 Å². The number of ether oxygens (including phenoxy) is 1. The van der Waals surface area contributed by atoms with Gasteiger partial charge in [-0.15, -0.1) is 0 Å². The third-order valence-electron chi connectivity index (χ3n) is 2.42. The molecule has 0 spiro atoms. The molecule has 0 heterocycles. The van der Waals surface area contributed by atoms with Crippen LogP contribution in [0, 0.1) is 10.1 Å². The molecule has 0 saturated carbocycles. The minimum atomic E-state index is -1.40. The van der Waals surface area contributed by atoms with Crippen molar-refractivity contribution in [2.75, 3.05) is 13.7 Å². The van der Waals surface area contributed by atoms with E-state index in [1.165, 1.54) is 13.2 Å². The smallest absolute Gasteiger partial charge is 0.311 e. The molecule has 0 aromatic heterocycles. The van der Waals surface area contributed by atoms with Crippen molar-refractivity contribution in [1.29, 1.82) is 0 Å². The zero-order valence-electron chi connectivity index (χ0n) is 9.54. The lowest BCUT2D eigenvalue weighted by Crippen LogP contribution is -2.27. The van der Waals surface area contributed by atoms with E-state index in [9.17, 15) is 20.3 Å². The first-order chi connectivity index (χ1) is 8.42. The SMILES string of the molecule is COc1cc(Cl)c(C(O)C(O)CN)cc1[N+](=O)[O-]. The number of aliphatic hydroxyl groups is 2. The van der Waals surface area contributed by atoms with E-state index in [4.69, 9.17) is 22.1 Å². The van der Waals surface area contributed by atoms with Gasteiger partial charge in [0.05, 0.1) is 23.2 Å². The highest BCUT2D eigenvalue weighted by molar-refractivity contribution is 6.31. The molecule has 1 rings (SSSR count). The van der Waals surface area contributed by atoms with Crippen molar-refractivity contribution in [2.24, 2.45) is 5.73 Å². The van der Waals surface area contributed by atoms with Gasteiger partial charge < -0.3 is 20.7 Å². The highest BCUT2D eigenvalue weighted by Crippen LogP contribution is 2.36. The van der Waals surface area contributed by atoms with Crippen LogP contribution < -0.4 is 10.5 Å². The van der Waals surface area contributed by atoms with Gasteiger partial charge in [-0.1, -0.05) is 11.6 Å².